The topological polar surface area (TPSA) is 58.2 Å². The van der Waals surface area contributed by atoms with Crippen molar-refractivity contribution in [3.05, 3.63) is 41.7 Å². The number of hydrogen-bond acceptors (Lipinski definition) is 4. The fraction of sp³-hybridized carbons (Fsp3) is 0.375. The monoisotopic (exact) mass is 317 g/mol. The minimum absolute atomic E-state index is 0.0146. The number of H-pyrrole nitrogens is 1. The molecule has 1 aliphatic heterocycles. The van der Waals surface area contributed by atoms with Gasteiger partial charge < -0.3 is 9.64 Å². The Kier molecular flexibility index (Phi) is 4.38. The molecule has 5 nitrogen and oxygen atoms in total. The van der Waals surface area contributed by atoms with Crippen LogP contribution >= 0.6 is 11.8 Å². The summed E-state index contributed by atoms with van der Waals surface area (Å²) in [7, 11) is 0. The lowest BCUT2D eigenvalue weighted by Crippen LogP contribution is -2.43. The zero-order valence-electron chi connectivity index (χ0n) is 12.7. The number of carbonyl (C=O) groups excluding carboxylic acids is 1. The fourth-order valence-electron chi connectivity index (χ4n) is 2.58. The van der Waals surface area contributed by atoms with Crippen molar-refractivity contribution in [2.45, 2.75) is 30.9 Å². The number of nitrogens with one attached hydrogen (secondary N) is 1. The summed E-state index contributed by atoms with van der Waals surface area (Å²) in [5, 5.41) is 7.01. The molecule has 0 saturated heterocycles. The second-order valence-electron chi connectivity index (χ2n) is 5.32. The lowest BCUT2D eigenvalue weighted by molar-refractivity contribution is -0.138. The summed E-state index contributed by atoms with van der Waals surface area (Å²) < 4.78 is 5.77. The van der Waals surface area contributed by atoms with Crippen molar-refractivity contribution in [1.82, 2.24) is 15.1 Å². The largest absolute Gasteiger partial charge is 0.481 e. The van der Waals surface area contributed by atoms with Gasteiger partial charge in [-0.1, -0.05) is 0 Å². The van der Waals surface area contributed by atoms with Gasteiger partial charge >= 0.3 is 0 Å². The van der Waals surface area contributed by atoms with Crippen molar-refractivity contribution in [2.24, 2.45) is 0 Å². The first-order valence-electron chi connectivity index (χ1n) is 7.28. The average Bonchev–Trinajstić information content (AvgIpc) is 3.02. The quantitative estimate of drug-likeness (QED) is 0.880. The van der Waals surface area contributed by atoms with Crippen LogP contribution in [0.15, 0.2) is 35.4 Å². The van der Waals surface area contributed by atoms with Crippen molar-refractivity contribution in [3.8, 4) is 5.75 Å². The number of thioether (sulfide) groups is 1. The number of nitrogens with zero attached hydrogens (tertiary/aromatic N) is 2. The van der Waals surface area contributed by atoms with Crippen molar-refractivity contribution in [3.63, 3.8) is 0 Å². The number of aromatic amines is 1. The molecule has 1 amide bonds. The fourth-order valence-corrected chi connectivity index (χ4v) is 2.98. The molecule has 1 aromatic carbocycles. The van der Waals surface area contributed by atoms with Gasteiger partial charge in [-0.05, 0) is 37.4 Å². The maximum atomic E-state index is 12.5. The molecule has 1 aromatic heterocycles. The van der Waals surface area contributed by atoms with Crippen molar-refractivity contribution < 1.29 is 9.53 Å². The Hall–Kier alpha value is -1.95. The second kappa shape index (κ2) is 6.44. The van der Waals surface area contributed by atoms with Crippen molar-refractivity contribution in [2.75, 3.05) is 12.8 Å². The third-order valence-electron chi connectivity index (χ3n) is 3.83. The molecule has 3 rings (SSSR count). The molecule has 1 N–H and O–H groups in total. The Morgan fingerprint density at radius 1 is 1.41 bits per heavy atom. The van der Waals surface area contributed by atoms with E-state index >= 15 is 0 Å². The van der Waals surface area contributed by atoms with E-state index in [1.54, 1.807) is 24.9 Å². The van der Waals surface area contributed by atoms with E-state index in [1.807, 2.05) is 35.4 Å². The second-order valence-corrected chi connectivity index (χ2v) is 6.20. The van der Waals surface area contributed by atoms with Gasteiger partial charge in [0.25, 0.3) is 5.91 Å². The predicted molar refractivity (Wildman–Crippen MR) is 86.0 cm³/mol. The number of ether oxygens (including phenoxy) is 1. The highest BCUT2D eigenvalue weighted by Gasteiger charge is 2.26. The maximum Gasteiger partial charge on any atom is 0.263 e. The van der Waals surface area contributed by atoms with Crippen LogP contribution in [-0.2, 0) is 17.8 Å². The molecule has 22 heavy (non-hydrogen) atoms. The molecular weight excluding hydrogens is 298 g/mol. The lowest BCUT2D eigenvalue weighted by Gasteiger charge is -2.29. The minimum atomic E-state index is -0.492. The Balaban J connectivity index is 1.62. The number of benzene rings is 1. The Bertz CT molecular complexity index is 654. The molecule has 116 valence electrons. The molecule has 2 aromatic rings. The van der Waals surface area contributed by atoms with E-state index in [0.29, 0.717) is 13.1 Å². The van der Waals surface area contributed by atoms with Crippen LogP contribution in [0.25, 0.3) is 0 Å². The summed E-state index contributed by atoms with van der Waals surface area (Å²) >= 11 is 1.68. The van der Waals surface area contributed by atoms with Crippen LogP contribution < -0.4 is 4.74 Å². The summed E-state index contributed by atoms with van der Waals surface area (Å²) in [6, 6.07) is 7.80. The summed E-state index contributed by atoms with van der Waals surface area (Å²) in [4.78, 5) is 15.5. The van der Waals surface area contributed by atoms with Gasteiger partial charge in [-0.2, -0.15) is 5.10 Å². The third kappa shape index (κ3) is 3.11. The highest BCUT2D eigenvalue weighted by Crippen LogP contribution is 2.21. The molecular formula is C16H19N3O2S. The molecule has 0 spiro atoms. The standard InChI is InChI=1S/C16H19N3O2S/c1-11(21-13-3-5-14(22-2)6-4-13)16(20)19-8-7-15-12(10-19)9-17-18-15/h3-6,9,11H,7-8,10H2,1-2H3,(H,17,18)/t11-/m0/s1. The first-order chi connectivity index (χ1) is 10.7. The van der Waals surface area contributed by atoms with Gasteiger partial charge in [-0.25, -0.2) is 0 Å². The van der Waals surface area contributed by atoms with Gasteiger partial charge in [0, 0.05) is 35.7 Å². The molecule has 0 radical (unpaired) electrons. The molecule has 6 heteroatoms. The van der Waals surface area contributed by atoms with E-state index in [9.17, 15) is 4.79 Å². The highest BCUT2D eigenvalue weighted by molar-refractivity contribution is 7.98. The maximum absolute atomic E-state index is 12.5. The van der Waals surface area contributed by atoms with Gasteiger partial charge in [0.15, 0.2) is 6.10 Å². The minimum Gasteiger partial charge on any atom is -0.481 e. The van der Waals surface area contributed by atoms with Crippen LogP contribution in [-0.4, -0.2) is 39.9 Å². The van der Waals surface area contributed by atoms with E-state index in [-0.39, 0.29) is 5.91 Å². The molecule has 1 aliphatic rings. The lowest BCUT2D eigenvalue weighted by atomic mass is 10.1. The van der Waals surface area contributed by atoms with Crippen LogP contribution in [0.1, 0.15) is 18.2 Å². The number of carbonyl (C=O) groups is 1. The highest BCUT2D eigenvalue weighted by atomic mass is 32.2. The van der Waals surface area contributed by atoms with E-state index < -0.39 is 6.10 Å². The summed E-state index contributed by atoms with van der Waals surface area (Å²) in [5.41, 5.74) is 2.22. The van der Waals surface area contributed by atoms with Crippen LogP contribution in [0.5, 0.6) is 5.75 Å². The number of fused-ring (bicyclic) bond motifs is 1. The van der Waals surface area contributed by atoms with Gasteiger partial charge in [0.2, 0.25) is 0 Å². The average molecular weight is 317 g/mol. The Morgan fingerprint density at radius 2 is 2.18 bits per heavy atom. The summed E-state index contributed by atoms with van der Waals surface area (Å²) in [5.74, 6) is 0.737. The zero-order chi connectivity index (χ0) is 15.5. The number of rotatable bonds is 4. The van der Waals surface area contributed by atoms with Crippen molar-refractivity contribution in [1.29, 1.82) is 0 Å². The van der Waals surface area contributed by atoms with Crippen LogP contribution in [0, 0.1) is 0 Å². The molecule has 2 heterocycles. The van der Waals surface area contributed by atoms with Crippen LogP contribution in [0.2, 0.25) is 0 Å². The van der Waals surface area contributed by atoms with Crippen LogP contribution in [0.4, 0.5) is 0 Å². The number of aromatic nitrogens is 2. The van der Waals surface area contributed by atoms with E-state index in [1.165, 1.54) is 4.90 Å². The smallest absolute Gasteiger partial charge is 0.263 e. The molecule has 0 unspecified atom stereocenters. The zero-order valence-corrected chi connectivity index (χ0v) is 13.5. The Morgan fingerprint density at radius 3 is 2.91 bits per heavy atom. The van der Waals surface area contributed by atoms with E-state index in [2.05, 4.69) is 10.2 Å². The SMILES string of the molecule is CSc1ccc(O[C@@H](C)C(=O)N2CCc3[nH]ncc3C2)cc1. The normalized spacial score (nSPS) is 15.3. The van der Waals surface area contributed by atoms with E-state index in [0.717, 1.165) is 23.4 Å². The van der Waals surface area contributed by atoms with E-state index in [4.69, 9.17) is 4.74 Å². The number of amides is 1. The van der Waals surface area contributed by atoms with Gasteiger partial charge in [0.1, 0.15) is 5.75 Å². The number of hydrogen-bond donors (Lipinski definition) is 1. The molecule has 0 bridgehead atoms. The molecule has 0 aliphatic carbocycles. The third-order valence-corrected chi connectivity index (χ3v) is 4.58. The van der Waals surface area contributed by atoms with Gasteiger partial charge in [0.05, 0.1) is 6.20 Å². The summed E-state index contributed by atoms with van der Waals surface area (Å²) in [6.45, 7) is 3.10. The predicted octanol–water partition coefficient (Wildman–Crippen LogP) is 2.48. The Labute approximate surface area is 134 Å². The molecule has 0 saturated carbocycles. The first kappa shape index (κ1) is 15.0. The van der Waals surface area contributed by atoms with Crippen LogP contribution in [0.3, 0.4) is 0 Å². The first-order valence-corrected chi connectivity index (χ1v) is 8.50. The molecule has 0 fully saturated rings. The molecule has 1 atom stereocenters. The summed E-state index contributed by atoms with van der Waals surface area (Å²) in [6.07, 6.45) is 4.15. The van der Waals surface area contributed by atoms with Gasteiger partial charge in [-0.15, -0.1) is 11.8 Å². The van der Waals surface area contributed by atoms with Gasteiger partial charge in [-0.3, -0.25) is 9.89 Å². The van der Waals surface area contributed by atoms with Crippen molar-refractivity contribution >= 4 is 17.7 Å².